The second-order valence-electron chi connectivity index (χ2n) is 8.77. The van der Waals surface area contributed by atoms with Gasteiger partial charge in [-0.15, -0.1) is 0 Å². The van der Waals surface area contributed by atoms with Gasteiger partial charge in [-0.05, 0) is 54.6 Å². The highest BCUT2D eigenvalue weighted by atomic mass is 35.5. The van der Waals surface area contributed by atoms with Crippen LogP contribution < -0.4 is 15.4 Å². The Hall–Kier alpha value is -3.69. The summed E-state index contributed by atoms with van der Waals surface area (Å²) in [4.78, 5) is 14.3. The van der Waals surface area contributed by atoms with E-state index in [1.54, 1.807) is 33.6 Å². The lowest BCUT2D eigenvalue weighted by molar-refractivity contribution is 0.118. The molecule has 5 rings (SSSR count). The molecule has 0 bridgehead atoms. The molecular formula is C29H27Cl2N5O3. The van der Waals surface area contributed by atoms with Crippen LogP contribution in [0.5, 0.6) is 5.88 Å². The average molecular weight is 564 g/mol. The molecule has 1 aliphatic carbocycles. The number of aromatic nitrogens is 3. The Balaban J connectivity index is 1.82. The molecule has 1 N–H and O–H groups in total. The van der Waals surface area contributed by atoms with Crippen molar-refractivity contribution in [1.29, 1.82) is 0 Å². The predicted octanol–water partition coefficient (Wildman–Crippen LogP) is 6.15. The van der Waals surface area contributed by atoms with E-state index in [0.29, 0.717) is 40.2 Å². The summed E-state index contributed by atoms with van der Waals surface area (Å²) in [5.74, 6) is 0.464. The van der Waals surface area contributed by atoms with Gasteiger partial charge in [0.15, 0.2) is 0 Å². The molecule has 0 fully saturated rings. The van der Waals surface area contributed by atoms with Gasteiger partial charge < -0.3 is 24.1 Å². The molecule has 1 aliphatic heterocycles. The van der Waals surface area contributed by atoms with Crippen molar-refractivity contribution in [2.45, 2.75) is 6.04 Å². The fourth-order valence-corrected chi connectivity index (χ4v) is 4.74. The van der Waals surface area contributed by atoms with E-state index in [1.807, 2.05) is 60.7 Å². The number of hydrogen-bond donors (Lipinski definition) is 1. The zero-order valence-electron chi connectivity index (χ0n) is 21.7. The number of para-hydroxylation sites is 2. The number of halogens is 2. The number of pyridine rings is 1. The molecule has 8 nitrogen and oxygen atoms in total. The van der Waals surface area contributed by atoms with Gasteiger partial charge in [0.25, 0.3) is 0 Å². The Morgan fingerprint density at radius 1 is 0.897 bits per heavy atom. The number of nitrogens with one attached hydrogen (secondary N) is 1. The lowest BCUT2D eigenvalue weighted by Gasteiger charge is -2.21. The summed E-state index contributed by atoms with van der Waals surface area (Å²) in [6.45, 7) is 0.786. The van der Waals surface area contributed by atoms with Crippen LogP contribution in [-0.2, 0) is 9.47 Å². The van der Waals surface area contributed by atoms with Crippen molar-refractivity contribution in [3.05, 3.63) is 88.3 Å². The van der Waals surface area contributed by atoms with E-state index in [2.05, 4.69) is 14.9 Å². The van der Waals surface area contributed by atoms with Crippen molar-refractivity contribution < 1.29 is 14.2 Å². The highest BCUT2D eigenvalue weighted by molar-refractivity contribution is 6.42. The second kappa shape index (κ2) is 12.0. The highest BCUT2D eigenvalue weighted by Crippen LogP contribution is 2.33. The molecule has 200 valence electrons. The largest absolute Gasteiger partial charge is 0.480 e. The Bertz CT molecular complexity index is 1650. The lowest BCUT2D eigenvalue weighted by atomic mass is 10.1. The maximum absolute atomic E-state index is 6.44. The third-order valence-electron chi connectivity index (χ3n) is 6.13. The molecule has 2 aromatic carbocycles. The number of rotatable bonds is 9. The van der Waals surface area contributed by atoms with Crippen LogP contribution in [0.2, 0.25) is 10.0 Å². The van der Waals surface area contributed by atoms with Crippen molar-refractivity contribution in [3.8, 4) is 23.0 Å². The first kappa shape index (κ1) is 26.9. The molecule has 0 spiro atoms. The summed E-state index contributed by atoms with van der Waals surface area (Å²) in [7, 11) is 4.87. The highest BCUT2D eigenvalue weighted by Gasteiger charge is 2.19. The number of benzene rings is 3. The van der Waals surface area contributed by atoms with Gasteiger partial charge in [-0.3, -0.25) is 4.99 Å². The van der Waals surface area contributed by atoms with Crippen molar-refractivity contribution >= 4 is 45.6 Å². The van der Waals surface area contributed by atoms with Gasteiger partial charge >= 0.3 is 0 Å². The number of anilines is 2. The molecule has 0 saturated carbocycles. The van der Waals surface area contributed by atoms with Crippen LogP contribution >= 0.6 is 23.2 Å². The van der Waals surface area contributed by atoms with Gasteiger partial charge in [0.2, 0.25) is 5.88 Å². The molecule has 1 aromatic heterocycles. The Labute approximate surface area is 236 Å². The summed E-state index contributed by atoms with van der Waals surface area (Å²) in [6.07, 6.45) is 1.68. The standard InChI is InChI=1S/C29H27Cl2N5O3/c1-37-16-18(17-38-2)33-25-15-28-26(14-24(25)35-23-8-6-12-32-29(23)39-3)34-22-7-4-5-9-27(22)36(28)19-10-11-20(30)21(31)13-19/h4-15,18,35H,16-17H2,1-3H3. The first-order chi connectivity index (χ1) is 19.0. The fourth-order valence-electron chi connectivity index (χ4n) is 4.45. The fraction of sp³-hybridized carbons (Fsp3) is 0.207. The number of nitrogens with zero attached hydrogens (tertiary/aromatic N) is 4. The van der Waals surface area contributed by atoms with Crippen LogP contribution in [0.25, 0.3) is 28.1 Å². The topological polar surface area (TPSA) is 82.8 Å². The number of fused-ring (bicyclic) bond motifs is 2. The monoisotopic (exact) mass is 563 g/mol. The Morgan fingerprint density at radius 2 is 1.69 bits per heavy atom. The van der Waals surface area contributed by atoms with E-state index in [4.69, 9.17) is 47.4 Å². The molecule has 0 unspecified atom stereocenters. The van der Waals surface area contributed by atoms with E-state index in [0.717, 1.165) is 33.8 Å². The van der Waals surface area contributed by atoms with Crippen LogP contribution in [0.3, 0.4) is 0 Å². The zero-order chi connectivity index (χ0) is 27.4. The Kier molecular flexibility index (Phi) is 8.28. The zero-order valence-corrected chi connectivity index (χ0v) is 23.2. The number of hydrogen-bond acceptors (Lipinski definition) is 7. The molecular weight excluding hydrogens is 537 g/mol. The minimum Gasteiger partial charge on any atom is -0.480 e. The van der Waals surface area contributed by atoms with Gasteiger partial charge in [-0.25, -0.2) is 9.97 Å². The Morgan fingerprint density at radius 3 is 2.44 bits per heavy atom. The molecule has 10 heteroatoms. The van der Waals surface area contributed by atoms with E-state index in [-0.39, 0.29) is 6.04 Å². The minimum absolute atomic E-state index is 0.236. The summed E-state index contributed by atoms with van der Waals surface area (Å²) < 4.78 is 18.4. The van der Waals surface area contributed by atoms with Gasteiger partial charge in [0, 0.05) is 26.1 Å². The maximum Gasteiger partial charge on any atom is 0.237 e. The van der Waals surface area contributed by atoms with E-state index >= 15 is 0 Å². The van der Waals surface area contributed by atoms with Crippen LogP contribution in [0.15, 0.2) is 77.9 Å². The summed E-state index contributed by atoms with van der Waals surface area (Å²) >= 11 is 12.7. The minimum atomic E-state index is -0.236. The van der Waals surface area contributed by atoms with Gasteiger partial charge in [-0.2, -0.15) is 0 Å². The van der Waals surface area contributed by atoms with E-state index in [9.17, 15) is 0 Å². The summed E-state index contributed by atoms with van der Waals surface area (Å²) in [6, 6.07) is 21.0. The van der Waals surface area contributed by atoms with Crippen molar-refractivity contribution in [2.75, 3.05) is 39.9 Å². The van der Waals surface area contributed by atoms with Gasteiger partial charge in [0.05, 0.1) is 69.9 Å². The first-order valence-electron chi connectivity index (χ1n) is 12.2. The predicted molar refractivity (Wildman–Crippen MR) is 155 cm³/mol. The normalized spacial score (nSPS) is 12.0. The van der Waals surface area contributed by atoms with E-state index < -0.39 is 0 Å². The molecule has 3 aromatic rings. The molecule has 0 amide bonds. The third-order valence-corrected chi connectivity index (χ3v) is 6.87. The van der Waals surface area contributed by atoms with Gasteiger partial charge in [0.1, 0.15) is 5.69 Å². The average Bonchev–Trinajstić information content (AvgIpc) is 2.94. The van der Waals surface area contributed by atoms with Crippen LogP contribution in [-0.4, -0.2) is 55.1 Å². The van der Waals surface area contributed by atoms with Crippen molar-refractivity contribution in [1.82, 2.24) is 14.5 Å². The quantitative estimate of drug-likeness (QED) is 0.217. The SMILES string of the molecule is COCC(COC)N=c1cc2n(-c3ccc(Cl)c(Cl)c3)c3ccccc3nc-2cc1Nc1cccnc1OC. The van der Waals surface area contributed by atoms with Crippen molar-refractivity contribution in [2.24, 2.45) is 4.99 Å². The first-order valence-corrected chi connectivity index (χ1v) is 13.0. The molecule has 0 saturated heterocycles. The molecule has 0 radical (unpaired) electrons. The van der Waals surface area contributed by atoms with Crippen LogP contribution in [0, 0.1) is 0 Å². The summed E-state index contributed by atoms with van der Waals surface area (Å²) in [5.41, 5.74) is 5.59. The smallest absolute Gasteiger partial charge is 0.237 e. The van der Waals surface area contributed by atoms with Crippen molar-refractivity contribution in [3.63, 3.8) is 0 Å². The molecule has 0 atom stereocenters. The third kappa shape index (κ3) is 5.69. The molecule has 39 heavy (non-hydrogen) atoms. The lowest BCUT2D eigenvalue weighted by Crippen LogP contribution is -2.24. The van der Waals surface area contributed by atoms with E-state index in [1.165, 1.54) is 0 Å². The number of methoxy groups -OCH3 is 3. The molecule has 2 heterocycles. The second-order valence-corrected chi connectivity index (χ2v) is 9.59. The molecule has 2 aliphatic rings. The van der Waals surface area contributed by atoms with Crippen LogP contribution in [0.1, 0.15) is 0 Å². The van der Waals surface area contributed by atoms with Crippen LogP contribution in [0.4, 0.5) is 11.4 Å². The van der Waals surface area contributed by atoms with Gasteiger partial charge in [-0.1, -0.05) is 35.3 Å². The maximum atomic E-state index is 6.44. The summed E-state index contributed by atoms with van der Waals surface area (Å²) in [5, 5.41) is 5.09. The number of ether oxygens (including phenoxy) is 3.